The van der Waals surface area contributed by atoms with E-state index in [2.05, 4.69) is 14.7 Å². The second-order valence-electron chi connectivity index (χ2n) is 9.38. The number of alkyl halides is 2. The summed E-state index contributed by atoms with van der Waals surface area (Å²) in [5.74, 6) is -0.629. The molecule has 0 bridgehead atoms. The summed E-state index contributed by atoms with van der Waals surface area (Å²) >= 11 is 0. The minimum absolute atomic E-state index is 0.00126. The second-order valence-corrected chi connectivity index (χ2v) is 9.38. The zero-order valence-electron chi connectivity index (χ0n) is 20.5. The summed E-state index contributed by atoms with van der Waals surface area (Å²) in [6.07, 6.45) is -0.964. The highest BCUT2D eigenvalue weighted by Crippen LogP contribution is 2.38. The van der Waals surface area contributed by atoms with E-state index in [1.165, 1.54) is 52.6 Å². The molecule has 5 rings (SSSR count). The SMILES string of the molecule is Cn1c(=O)n(CCC2(O)CC2)c(=O)c2c1nc(Oc1cccc(OC(C)(F)F)c1)n2Cc1ccc(F)cn1. The number of aryl methyl sites for hydroxylation is 1. The number of aliphatic hydroxyl groups is 1. The van der Waals surface area contributed by atoms with Gasteiger partial charge in [-0.15, -0.1) is 0 Å². The van der Waals surface area contributed by atoms with Gasteiger partial charge < -0.3 is 14.6 Å². The third kappa shape index (κ3) is 5.28. The van der Waals surface area contributed by atoms with E-state index in [9.17, 15) is 27.9 Å². The third-order valence-corrected chi connectivity index (χ3v) is 6.25. The van der Waals surface area contributed by atoms with Crippen molar-refractivity contribution in [2.24, 2.45) is 7.05 Å². The van der Waals surface area contributed by atoms with E-state index >= 15 is 0 Å². The van der Waals surface area contributed by atoms with Gasteiger partial charge in [0.25, 0.3) is 5.56 Å². The molecule has 0 aliphatic heterocycles. The molecule has 3 heterocycles. The lowest BCUT2D eigenvalue weighted by atomic mass is 10.2. The normalized spacial score (nSPS) is 14.6. The topological polar surface area (TPSA) is 113 Å². The quantitative estimate of drug-likeness (QED) is 0.353. The molecule has 0 saturated heterocycles. The molecule has 0 atom stereocenters. The van der Waals surface area contributed by atoms with Crippen molar-refractivity contribution in [1.29, 1.82) is 0 Å². The van der Waals surface area contributed by atoms with Gasteiger partial charge in [0.05, 0.1) is 24.0 Å². The van der Waals surface area contributed by atoms with E-state index in [4.69, 9.17) is 4.74 Å². The van der Waals surface area contributed by atoms with E-state index in [0.29, 0.717) is 25.5 Å². The molecule has 0 unspecified atom stereocenters. The first kappa shape index (κ1) is 25.5. The molecular weight excluding hydrogens is 507 g/mol. The van der Waals surface area contributed by atoms with Crippen molar-refractivity contribution in [3.05, 3.63) is 74.9 Å². The van der Waals surface area contributed by atoms with Gasteiger partial charge in [0.2, 0.25) is 0 Å². The van der Waals surface area contributed by atoms with Crippen LogP contribution in [0.15, 0.2) is 52.2 Å². The van der Waals surface area contributed by atoms with Crippen LogP contribution < -0.4 is 20.7 Å². The van der Waals surface area contributed by atoms with Crippen LogP contribution in [-0.2, 0) is 20.1 Å². The number of imidazole rings is 1. The molecule has 1 N–H and O–H groups in total. The minimum Gasteiger partial charge on any atom is -0.433 e. The molecule has 3 aromatic heterocycles. The van der Waals surface area contributed by atoms with Crippen LogP contribution in [0, 0.1) is 5.82 Å². The highest BCUT2D eigenvalue weighted by Gasteiger charge is 2.40. The summed E-state index contributed by atoms with van der Waals surface area (Å²) in [4.78, 5) is 35.0. The van der Waals surface area contributed by atoms with Gasteiger partial charge in [-0.1, -0.05) is 6.07 Å². The summed E-state index contributed by atoms with van der Waals surface area (Å²) in [5.41, 5.74) is -1.75. The molecule has 200 valence electrons. The van der Waals surface area contributed by atoms with Crippen molar-refractivity contribution < 1.29 is 27.8 Å². The van der Waals surface area contributed by atoms with Gasteiger partial charge >= 0.3 is 17.8 Å². The first-order chi connectivity index (χ1) is 17.9. The fraction of sp³-hybridized carbons (Fsp3) is 0.360. The Bertz CT molecular complexity index is 1620. The molecule has 1 aromatic carbocycles. The molecule has 13 heteroatoms. The maximum absolute atomic E-state index is 13.5. The van der Waals surface area contributed by atoms with Gasteiger partial charge in [-0.05, 0) is 43.5 Å². The van der Waals surface area contributed by atoms with Crippen molar-refractivity contribution in [2.45, 2.75) is 51.0 Å². The molecule has 0 radical (unpaired) electrons. The van der Waals surface area contributed by atoms with Gasteiger partial charge in [-0.25, -0.2) is 9.18 Å². The predicted octanol–water partition coefficient (Wildman–Crippen LogP) is 3.18. The number of ether oxygens (including phenoxy) is 2. The van der Waals surface area contributed by atoms with Gasteiger partial charge in [-0.2, -0.15) is 13.8 Å². The third-order valence-electron chi connectivity index (χ3n) is 6.25. The number of hydrogen-bond acceptors (Lipinski definition) is 7. The number of benzene rings is 1. The first-order valence-electron chi connectivity index (χ1n) is 11.8. The highest BCUT2D eigenvalue weighted by molar-refractivity contribution is 5.72. The summed E-state index contributed by atoms with van der Waals surface area (Å²) < 4.78 is 54.2. The molecular formula is C25H24F3N5O5. The molecule has 0 amide bonds. The Labute approximate surface area is 213 Å². The van der Waals surface area contributed by atoms with Gasteiger partial charge in [0.1, 0.15) is 17.3 Å². The monoisotopic (exact) mass is 531 g/mol. The fourth-order valence-electron chi connectivity index (χ4n) is 4.06. The highest BCUT2D eigenvalue weighted by atomic mass is 19.3. The molecule has 4 aromatic rings. The maximum atomic E-state index is 13.5. The Morgan fingerprint density at radius 2 is 1.87 bits per heavy atom. The minimum atomic E-state index is -3.42. The number of fused-ring (bicyclic) bond motifs is 1. The van der Waals surface area contributed by atoms with E-state index < -0.39 is 28.8 Å². The van der Waals surface area contributed by atoms with Crippen LogP contribution in [-0.4, -0.2) is 40.5 Å². The van der Waals surface area contributed by atoms with Crippen molar-refractivity contribution in [3.63, 3.8) is 0 Å². The molecule has 1 fully saturated rings. The number of hydrogen-bond donors (Lipinski definition) is 1. The van der Waals surface area contributed by atoms with E-state index in [-0.39, 0.29) is 48.2 Å². The van der Waals surface area contributed by atoms with Crippen LogP contribution in [0.25, 0.3) is 11.2 Å². The van der Waals surface area contributed by atoms with Crippen LogP contribution in [0.3, 0.4) is 0 Å². The lowest BCUT2D eigenvalue weighted by Crippen LogP contribution is -2.40. The van der Waals surface area contributed by atoms with Crippen LogP contribution in [0.5, 0.6) is 17.5 Å². The van der Waals surface area contributed by atoms with Crippen LogP contribution in [0.4, 0.5) is 13.2 Å². The summed E-state index contributed by atoms with van der Waals surface area (Å²) in [5, 5.41) is 10.2. The van der Waals surface area contributed by atoms with Gasteiger partial charge in [0.15, 0.2) is 11.2 Å². The Balaban J connectivity index is 1.62. The second kappa shape index (κ2) is 9.31. The van der Waals surface area contributed by atoms with E-state index in [0.717, 1.165) is 10.8 Å². The van der Waals surface area contributed by atoms with Crippen LogP contribution in [0.2, 0.25) is 0 Å². The van der Waals surface area contributed by atoms with Gasteiger partial charge in [-0.3, -0.25) is 23.5 Å². The number of halogens is 3. The average molecular weight is 531 g/mol. The fourth-order valence-corrected chi connectivity index (χ4v) is 4.06. The van der Waals surface area contributed by atoms with Crippen LogP contribution >= 0.6 is 0 Å². The zero-order chi connectivity index (χ0) is 27.2. The number of pyridine rings is 1. The Kier molecular flexibility index (Phi) is 6.25. The largest absolute Gasteiger partial charge is 0.433 e. The number of nitrogens with zero attached hydrogens (tertiary/aromatic N) is 5. The predicted molar refractivity (Wildman–Crippen MR) is 129 cm³/mol. The molecule has 1 saturated carbocycles. The van der Waals surface area contributed by atoms with Crippen molar-refractivity contribution in [1.82, 2.24) is 23.7 Å². The lowest BCUT2D eigenvalue weighted by molar-refractivity contribution is -0.159. The van der Waals surface area contributed by atoms with Crippen molar-refractivity contribution in [2.75, 3.05) is 0 Å². The Hall–Kier alpha value is -4.13. The lowest BCUT2D eigenvalue weighted by Gasteiger charge is -2.14. The van der Waals surface area contributed by atoms with E-state index in [1.807, 2.05) is 0 Å². The molecule has 10 nitrogen and oxygen atoms in total. The zero-order valence-corrected chi connectivity index (χ0v) is 20.5. The number of aromatic nitrogens is 5. The Morgan fingerprint density at radius 1 is 1.13 bits per heavy atom. The number of rotatable bonds is 9. The molecule has 1 aliphatic rings. The van der Waals surface area contributed by atoms with Gasteiger partial charge in [0, 0.05) is 26.6 Å². The van der Waals surface area contributed by atoms with Crippen molar-refractivity contribution in [3.8, 4) is 17.5 Å². The molecule has 38 heavy (non-hydrogen) atoms. The van der Waals surface area contributed by atoms with E-state index in [1.54, 1.807) is 0 Å². The molecule has 0 spiro atoms. The summed E-state index contributed by atoms with van der Waals surface area (Å²) in [6, 6.07) is 7.97. The maximum Gasteiger partial charge on any atom is 0.394 e. The molecule has 1 aliphatic carbocycles. The standard InChI is InChI=1S/C25H24F3N5O5/c1-24(27,28)38-18-5-3-4-17(12-18)37-22-30-20-19(33(22)14-16-7-6-15(26)13-29-16)21(34)32(23(35)31(20)2)11-10-25(36)8-9-25/h3-7,12-13,36H,8-11,14H2,1-2H3. The first-order valence-corrected chi connectivity index (χ1v) is 11.8. The summed E-state index contributed by atoms with van der Waals surface area (Å²) in [7, 11) is 1.45. The Morgan fingerprint density at radius 3 is 2.53 bits per heavy atom. The van der Waals surface area contributed by atoms with Crippen LogP contribution in [0.1, 0.15) is 31.9 Å². The summed E-state index contributed by atoms with van der Waals surface area (Å²) in [6.45, 7) is 0.522. The van der Waals surface area contributed by atoms with Crippen molar-refractivity contribution >= 4 is 11.2 Å². The smallest absolute Gasteiger partial charge is 0.394 e. The average Bonchev–Trinajstić information content (AvgIpc) is 3.48.